The molecule has 0 radical (unpaired) electrons. The lowest BCUT2D eigenvalue weighted by molar-refractivity contribution is 0.0301. The van der Waals surface area contributed by atoms with Gasteiger partial charge in [-0.25, -0.2) is 43.9 Å². The number of hydrogen-bond acceptors (Lipinski definition) is 15. The number of nitrogens with one attached hydrogen (secondary N) is 2. The first kappa shape index (κ1) is 52.6. The number of benzene rings is 3. The van der Waals surface area contributed by atoms with Crippen LogP contribution in [0.15, 0.2) is 85.2 Å². The predicted molar refractivity (Wildman–Crippen MR) is 316 cm³/mol. The molecule has 14 rings (SSSR count). The first-order chi connectivity index (χ1) is 40.2. The summed E-state index contributed by atoms with van der Waals surface area (Å²) < 4.78 is 22.3. The van der Waals surface area contributed by atoms with Crippen molar-refractivity contribution in [3.8, 4) is 22.8 Å². The molecule has 3 aromatic carbocycles. The van der Waals surface area contributed by atoms with Crippen LogP contribution in [-0.2, 0) is 20.8 Å². The normalized spacial score (nSPS) is 24.0. The molecule has 7 fully saturated rings. The number of likely N-dealkylation sites (N-methyl/N-ethyl adjacent to an activating group) is 1. The molecule has 21 nitrogen and oxygen atoms in total. The van der Waals surface area contributed by atoms with Crippen molar-refractivity contribution in [3.05, 3.63) is 85.2 Å². The van der Waals surface area contributed by atoms with Crippen LogP contribution in [0.25, 0.3) is 44.8 Å². The lowest BCUT2D eigenvalue weighted by Crippen LogP contribution is -2.57. The maximum absolute atomic E-state index is 15.3. The van der Waals surface area contributed by atoms with Gasteiger partial charge in [0, 0.05) is 94.2 Å². The molecule has 428 valence electrons. The summed E-state index contributed by atoms with van der Waals surface area (Å²) in [5.74, 6) is 2.87. The van der Waals surface area contributed by atoms with Gasteiger partial charge in [0.25, 0.3) is 0 Å². The standard InChI is InChI=1S/C61H74N16O5/c1-4-74-58-52(33-62-74)56(72-35-48-25-26-49(36-72)81-48)66-54(68-58)39-9-13-41(14-10-39)64-60(78)76(45-7-5-6-8-45)77(61(79)65-42-15-19-43(20-16-42)71-31-29-70(2)30-32-71)46-17-11-40(12-18-46)55-67-57(73-37-50-27-28-51(38-73)82-50)53-34-63-75(59(53)69-55)44-21-23-47(80-3)24-22-44/h9-20,33-34,44-45,47-51H,4-8,21-32,35-38H2,1-3H3,(H,64,78)(H,65,79). The van der Waals surface area contributed by atoms with Crippen molar-refractivity contribution in [1.29, 1.82) is 0 Å². The number of nitrogens with zero attached hydrogens (tertiary/aromatic N) is 14. The predicted octanol–water partition coefficient (Wildman–Crippen LogP) is 9.37. The Bertz CT molecular complexity index is 3400. The van der Waals surface area contributed by atoms with Crippen LogP contribution >= 0.6 is 0 Å². The van der Waals surface area contributed by atoms with Gasteiger partial charge in [-0.3, -0.25) is 0 Å². The van der Waals surface area contributed by atoms with Gasteiger partial charge >= 0.3 is 12.1 Å². The number of anilines is 6. The van der Waals surface area contributed by atoms with Crippen LogP contribution in [0.3, 0.4) is 0 Å². The zero-order valence-corrected chi connectivity index (χ0v) is 47.3. The summed E-state index contributed by atoms with van der Waals surface area (Å²) in [4.78, 5) is 60.8. The summed E-state index contributed by atoms with van der Waals surface area (Å²) >= 11 is 0. The van der Waals surface area contributed by atoms with Gasteiger partial charge < -0.3 is 44.4 Å². The Labute approximate surface area is 477 Å². The molecule has 5 aliphatic heterocycles. The maximum atomic E-state index is 15.3. The van der Waals surface area contributed by atoms with Crippen molar-refractivity contribution in [2.24, 2.45) is 0 Å². The Hall–Kier alpha value is -7.46. The number of carbonyl (C=O) groups is 2. The topological polar surface area (TPSA) is 193 Å². The average molecular weight is 1110 g/mol. The molecule has 2 aliphatic carbocycles. The van der Waals surface area contributed by atoms with Crippen molar-refractivity contribution in [3.63, 3.8) is 0 Å². The third-order valence-electron chi connectivity index (χ3n) is 18.3. The number of ether oxygens (including phenoxy) is 3. The van der Waals surface area contributed by atoms with Crippen LogP contribution in [0, 0.1) is 0 Å². The molecule has 7 aliphatic rings. The van der Waals surface area contributed by atoms with E-state index < -0.39 is 12.1 Å². The van der Waals surface area contributed by atoms with Gasteiger partial charge in [0.1, 0.15) is 11.6 Å². The minimum absolute atomic E-state index is 0.161. The van der Waals surface area contributed by atoms with Crippen molar-refractivity contribution in [2.45, 2.75) is 133 Å². The molecule has 9 heterocycles. The largest absolute Gasteiger partial charge is 0.381 e. The molecule has 4 bridgehead atoms. The van der Waals surface area contributed by atoms with E-state index in [0.717, 1.165) is 180 Å². The van der Waals surface area contributed by atoms with Gasteiger partial charge in [-0.1, -0.05) is 12.8 Å². The Balaban J connectivity index is 0.788. The fraction of sp³-hybridized carbons (Fsp3) is 0.508. The number of aromatic nitrogens is 8. The zero-order valence-electron chi connectivity index (χ0n) is 47.3. The first-order valence-electron chi connectivity index (χ1n) is 30.0. The number of morpholine rings is 2. The summed E-state index contributed by atoms with van der Waals surface area (Å²) in [6, 6.07) is 22.4. The molecule has 4 aromatic heterocycles. The highest BCUT2D eigenvalue weighted by Crippen LogP contribution is 2.39. The number of hydrazine groups is 1. The summed E-state index contributed by atoms with van der Waals surface area (Å²) in [5.41, 5.74) is 5.98. The number of rotatable bonds is 12. The summed E-state index contributed by atoms with van der Waals surface area (Å²) in [7, 11) is 3.95. The van der Waals surface area contributed by atoms with Crippen molar-refractivity contribution < 1.29 is 23.8 Å². The molecular weight excluding hydrogens is 1040 g/mol. The summed E-state index contributed by atoms with van der Waals surface area (Å²) in [5, 5.41) is 21.1. The van der Waals surface area contributed by atoms with E-state index in [1.54, 1.807) is 12.1 Å². The van der Waals surface area contributed by atoms with E-state index in [0.29, 0.717) is 35.3 Å². The molecule has 2 saturated carbocycles. The van der Waals surface area contributed by atoms with Gasteiger partial charge in [0.2, 0.25) is 0 Å². The average Bonchev–Trinajstić information content (AvgIpc) is 4.56. The number of amides is 4. The Morgan fingerprint density at radius 1 is 0.598 bits per heavy atom. The Kier molecular flexibility index (Phi) is 14.3. The number of carbonyl (C=O) groups excluding carboxylic acids is 2. The summed E-state index contributed by atoms with van der Waals surface area (Å²) in [6.45, 7) is 9.62. The van der Waals surface area contributed by atoms with E-state index in [1.165, 1.54) is 5.01 Å². The van der Waals surface area contributed by atoms with Gasteiger partial charge in [-0.05, 0) is 151 Å². The Morgan fingerprint density at radius 2 is 1.12 bits per heavy atom. The van der Waals surface area contributed by atoms with Crippen LogP contribution in [0.4, 0.5) is 44.0 Å². The molecule has 5 saturated heterocycles. The van der Waals surface area contributed by atoms with Crippen LogP contribution in [0.1, 0.15) is 90.0 Å². The van der Waals surface area contributed by atoms with Crippen molar-refractivity contribution >= 4 is 68.5 Å². The molecule has 2 N–H and O–H groups in total. The number of methoxy groups -OCH3 is 1. The van der Waals surface area contributed by atoms with Gasteiger partial charge in [0.05, 0.1) is 71.5 Å². The highest BCUT2D eigenvalue weighted by Gasteiger charge is 2.39. The molecule has 4 amide bonds. The van der Waals surface area contributed by atoms with Gasteiger partial charge in [0.15, 0.2) is 22.9 Å². The smallest absolute Gasteiger partial charge is 0.345 e. The number of aryl methyl sites for hydroxylation is 1. The first-order valence-corrected chi connectivity index (χ1v) is 30.0. The SMILES string of the molecule is CCn1ncc2c(N3CC4CCC(C3)O4)nc(-c3ccc(NC(=O)N(C4CCCC4)N(C(=O)Nc4ccc(N5CCN(C)CC5)cc4)c4ccc(-c5nc(N6CC7CCC(C6)O7)c6cnn(C7CCC(OC)CC7)c6n5)cc4)cc3)nc21. The second kappa shape index (κ2) is 22.4. The maximum Gasteiger partial charge on any atom is 0.345 e. The molecule has 82 heavy (non-hydrogen) atoms. The van der Waals surface area contributed by atoms with Crippen LogP contribution in [0.2, 0.25) is 0 Å². The van der Waals surface area contributed by atoms with Crippen LogP contribution < -0.4 is 30.3 Å². The van der Waals surface area contributed by atoms with E-state index in [2.05, 4.69) is 66.1 Å². The summed E-state index contributed by atoms with van der Waals surface area (Å²) in [6.07, 6.45) is 16.1. The zero-order chi connectivity index (χ0) is 55.4. The molecular formula is C61H74N16O5. The highest BCUT2D eigenvalue weighted by atomic mass is 16.5. The third kappa shape index (κ3) is 10.3. The molecule has 4 unspecified atom stereocenters. The number of piperazine rings is 1. The number of hydrogen-bond donors (Lipinski definition) is 2. The Morgan fingerprint density at radius 3 is 1.70 bits per heavy atom. The number of urea groups is 2. The molecule has 21 heteroatoms. The molecule has 0 spiro atoms. The van der Waals surface area contributed by atoms with Crippen LogP contribution in [0.5, 0.6) is 0 Å². The fourth-order valence-corrected chi connectivity index (χ4v) is 13.7. The minimum Gasteiger partial charge on any atom is -0.381 e. The second-order valence-corrected chi connectivity index (χ2v) is 23.6. The monoisotopic (exact) mass is 1110 g/mol. The van der Waals surface area contributed by atoms with Gasteiger partial charge in [-0.15, -0.1) is 0 Å². The van der Waals surface area contributed by atoms with Crippen LogP contribution in [-0.4, -0.2) is 165 Å². The van der Waals surface area contributed by atoms with E-state index in [1.807, 2.05) is 77.7 Å². The quantitative estimate of drug-likeness (QED) is 0.110. The van der Waals surface area contributed by atoms with Gasteiger partial charge in [-0.2, -0.15) is 15.2 Å². The van der Waals surface area contributed by atoms with Crippen molar-refractivity contribution in [1.82, 2.24) is 49.4 Å². The minimum atomic E-state index is -0.463. The lowest BCUT2D eigenvalue weighted by Gasteiger charge is -2.38. The molecule has 7 aromatic rings. The van der Waals surface area contributed by atoms with E-state index in [4.69, 9.17) is 39.2 Å². The third-order valence-corrected chi connectivity index (χ3v) is 18.3. The highest BCUT2D eigenvalue weighted by molar-refractivity contribution is 6.05. The van der Waals surface area contributed by atoms with E-state index in [-0.39, 0.29) is 42.6 Å². The molecule has 4 atom stereocenters. The fourth-order valence-electron chi connectivity index (χ4n) is 13.7. The number of fused-ring (bicyclic) bond motifs is 6. The second-order valence-electron chi connectivity index (χ2n) is 23.6. The lowest BCUT2D eigenvalue weighted by atomic mass is 9.93. The van der Waals surface area contributed by atoms with Crippen molar-refractivity contribution in [2.75, 3.05) is 96.9 Å². The van der Waals surface area contributed by atoms with E-state index >= 15 is 9.59 Å². The van der Waals surface area contributed by atoms with E-state index in [9.17, 15) is 0 Å².